The van der Waals surface area contributed by atoms with Crippen molar-refractivity contribution in [1.29, 1.82) is 0 Å². The highest BCUT2D eigenvalue weighted by Crippen LogP contribution is 2.27. The summed E-state index contributed by atoms with van der Waals surface area (Å²) in [6.07, 6.45) is 4.82. The maximum Gasteiger partial charge on any atom is 0.150 e. The van der Waals surface area contributed by atoms with Gasteiger partial charge in [0.1, 0.15) is 5.78 Å². The van der Waals surface area contributed by atoms with E-state index >= 15 is 0 Å². The summed E-state index contributed by atoms with van der Waals surface area (Å²) in [6, 6.07) is 0. The minimum atomic E-state index is 0.237. The van der Waals surface area contributed by atoms with E-state index in [-0.39, 0.29) is 5.78 Å². The van der Waals surface area contributed by atoms with Gasteiger partial charge in [-0.1, -0.05) is 6.08 Å². The summed E-state index contributed by atoms with van der Waals surface area (Å²) in [5.41, 5.74) is 0. The molecule has 62 valence electrons. The molecule has 0 atom stereocenters. The lowest BCUT2D eigenvalue weighted by atomic mass is 10.3. The molecule has 0 amide bonds. The minimum Gasteiger partial charge on any atom is -0.310 e. The molecule has 1 rings (SSSR count). The van der Waals surface area contributed by atoms with E-state index in [1.807, 2.05) is 0 Å². The molecule has 0 aromatic carbocycles. The summed E-state index contributed by atoms with van der Waals surface area (Å²) in [5.74, 6) is 1.09. The van der Waals surface area contributed by atoms with Crippen LogP contribution >= 0.6 is 0 Å². The predicted molar refractivity (Wildman–Crippen MR) is 45.4 cm³/mol. The molecule has 1 N–H and O–H groups in total. The van der Waals surface area contributed by atoms with Gasteiger partial charge >= 0.3 is 0 Å². The third-order valence-corrected chi connectivity index (χ3v) is 1.82. The number of allylic oxidation sites excluding steroid dienone is 1. The number of Topliss-reactive ketones (excluding diaryl/α,β-unsaturated/α-hetero) is 1. The van der Waals surface area contributed by atoms with Crippen LogP contribution in [0.3, 0.4) is 0 Å². The Kier molecular flexibility index (Phi) is 3.30. The molecule has 0 aromatic heterocycles. The predicted octanol–water partition coefficient (Wildman–Crippen LogP) is 1.13. The van der Waals surface area contributed by atoms with Gasteiger partial charge in [-0.05, 0) is 25.3 Å². The van der Waals surface area contributed by atoms with Crippen LogP contribution in [-0.4, -0.2) is 18.9 Å². The van der Waals surface area contributed by atoms with Gasteiger partial charge in [-0.2, -0.15) is 0 Å². The van der Waals surface area contributed by atoms with E-state index in [1.165, 1.54) is 12.8 Å². The van der Waals surface area contributed by atoms with Crippen LogP contribution in [0.15, 0.2) is 12.7 Å². The standard InChI is InChI=1S/C9H15NO/c1-2-3-9(11)7-10-6-8-4-5-8/h2,8,10H,1,3-7H2. The Morgan fingerprint density at radius 2 is 2.36 bits per heavy atom. The molecule has 0 radical (unpaired) electrons. The smallest absolute Gasteiger partial charge is 0.150 e. The van der Waals surface area contributed by atoms with Gasteiger partial charge < -0.3 is 5.32 Å². The number of hydrogen-bond acceptors (Lipinski definition) is 2. The molecule has 0 aromatic rings. The fourth-order valence-corrected chi connectivity index (χ4v) is 0.971. The summed E-state index contributed by atoms with van der Waals surface area (Å²) in [4.78, 5) is 10.9. The van der Waals surface area contributed by atoms with Crippen LogP contribution in [0.2, 0.25) is 0 Å². The number of nitrogens with one attached hydrogen (secondary N) is 1. The minimum absolute atomic E-state index is 0.237. The third kappa shape index (κ3) is 3.94. The molecular formula is C9H15NO. The number of rotatable bonds is 6. The molecule has 1 aliphatic carbocycles. The number of hydrogen-bond donors (Lipinski definition) is 1. The Balaban J connectivity index is 1.92. The second kappa shape index (κ2) is 4.29. The molecule has 0 heterocycles. The zero-order valence-electron chi connectivity index (χ0n) is 6.81. The fraction of sp³-hybridized carbons (Fsp3) is 0.667. The zero-order chi connectivity index (χ0) is 8.10. The second-order valence-corrected chi connectivity index (χ2v) is 3.11. The molecule has 1 fully saturated rings. The van der Waals surface area contributed by atoms with E-state index < -0.39 is 0 Å². The van der Waals surface area contributed by atoms with Crippen LogP contribution in [0.5, 0.6) is 0 Å². The summed E-state index contributed by atoms with van der Waals surface area (Å²) < 4.78 is 0. The summed E-state index contributed by atoms with van der Waals surface area (Å²) in [5, 5.41) is 3.13. The second-order valence-electron chi connectivity index (χ2n) is 3.11. The largest absolute Gasteiger partial charge is 0.310 e. The third-order valence-electron chi connectivity index (χ3n) is 1.82. The van der Waals surface area contributed by atoms with Gasteiger partial charge in [0.2, 0.25) is 0 Å². The fourth-order valence-electron chi connectivity index (χ4n) is 0.971. The lowest BCUT2D eigenvalue weighted by Crippen LogP contribution is -2.24. The molecule has 11 heavy (non-hydrogen) atoms. The Labute approximate surface area is 67.7 Å². The van der Waals surface area contributed by atoms with E-state index in [2.05, 4.69) is 11.9 Å². The Morgan fingerprint density at radius 1 is 1.64 bits per heavy atom. The van der Waals surface area contributed by atoms with Gasteiger partial charge in [0.05, 0.1) is 6.54 Å². The van der Waals surface area contributed by atoms with Crippen molar-refractivity contribution in [2.45, 2.75) is 19.3 Å². The topological polar surface area (TPSA) is 29.1 Å². The first-order valence-corrected chi connectivity index (χ1v) is 4.16. The van der Waals surface area contributed by atoms with Gasteiger partial charge in [-0.25, -0.2) is 0 Å². The maximum atomic E-state index is 10.9. The lowest BCUT2D eigenvalue weighted by Gasteiger charge is -1.99. The zero-order valence-corrected chi connectivity index (χ0v) is 6.81. The number of ketones is 1. The average molecular weight is 153 g/mol. The highest BCUT2D eigenvalue weighted by Gasteiger charge is 2.20. The van der Waals surface area contributed by atoms with E-state index in [1.54, 1.807) is 6.08 Å². The molecule has 0 saturated heterocycles. The van der Waals surface area contributed by atoms with Crippen molar-refractivity contribution in [3.8, 4) is 0 Å². The van der Waals surface area contributed by atoms with Gasteiger partial charge in [0, 0.05) is 6.42 Å². The first-order chi connectivity index (χ1) is 5.33. The first kappa shape index (κ1) is 8.47. The van der Waals surface area contributed by atoms with Crippen LogP contribution in [0, 0.1) is 5.92 Å². The average Bonchev–Trinajstić information content (AvgIpc) is 2.72. The van der Waals surface area contributed by atoms with E-state index in [4.69, 9.17) is 0 Å². The maximum absolute atomic E-state index is 10.9. The van der Waals surface area contributed by atoms with Crippen LogP contribution in [-0.2, 0) is 4.79 Å². The van der Waals surface area contributed by atoms with Crippen molar-refractivity contribution in [3.63, 3.8) is 0 Å². The SMILES string of the molecule is C=CCC(=O)CNCC1CC1. The molecule has 1 aliphatic rings. The quantitative estimate of drug-likeness (QED) is 0.579. The monoisotopic (exact) mass is 153 g/mol. The van der Waals surface area contributed by atoms with E-state index in [0.29, 0.717) is 13.0 Å². The summed E-state index contributed by atoms with van der Waals surface area (Å²) >= 11 is 0. The molecule has 0 unspecified atom stereocenters. The lowest BCUT2D eigenvalue weighted by molar-refractivity contribution is -0.117. The first-order valence-electron chi connectivity index (χ1n) is 4.16. The normalized spacial score (nSPS) is 16.4. The van der Waals surface area contributed by atoms with Crippen LogP contribution in [0.4, 0.5) is 0 Å². The molecule has 2 nitrogen and oxygen atoms in total. The van der Waals surface area contributed by atoms with Crippen molar-refractivity contribution >= 4 is 5.78 Å². The van der Waals surface area contributed by atoms with Gasteiger partial charge in [0.25, 0.3) is 0 Å². The summed E-state index contributed by atoms with van der Waals surface area (Å²) in [7, 11) is 0. The number of carbonyl (C=O) groups excluding carboxylic acids is 1. The van der Waals surface area contributed by atoms with Gasteiger partial charge in [-0.15, -0.1) is 6.58 Å². The summed E-state index contributed by atoms with van der Waals surface area (Å²) in [6.45, 7) is 5.04. The molecule has 0 spiro atoms. The highest BCUT2D eigenvalue weighted by atomic mass is 16.1. The highest BCUT2D eigenvalue weighted by molar-refractivity contribution is 5.81. The number of carbonyl (C=O) groups is 1. The van der Waals surface area contributed by atoms with Crippen molar-refractivity contribution < 1.29 is 4.79 Å². The van der Waals surface area contributed by atoms with Crippen LogP contribution in [0.1, 0.15) is 19.3 Å². The van der Waals surface area contributed by atoms with Crippen molar-refractivity contribution in [1.82, 2.24) is 5.32 Å². The van der Waals surface area contributed by atoms with E-state index in [9.17, 15) is 4.79 Å². The van der Waals surface area contributed by atoms with Gasteiger partial charge in [-0.3, -0.25) is 4.79 Å². The van der Waals surface area contributed by atoms with Crippen molar-refractivity contribution in [3.05, 3.63) is 12.7 Å². The molecular weight excluding hydrogens is 138 g/mol. The molecule has 2 heteroatoms. The van der Waals surface area contributed by atoms with Crippen molar-refractivity contribution in [2.24, 2.45) is 5.92 Å². The Hall–Kier alpha value is -0.630. The Bertz CT molecular complexity index is 150. The van der Waals surface area contributed by atoms with E-state index in [0.717, 1.165) is 12.5 Å². The molecule has 0 aliphatic heterocycles. The molecule has 1 saturated carbocycles. The Morgan fingerprint density at radius 3 is 2.91 bits per heavy atom. The van der Waals surface area contributed by atoms with Gasteiger partial charge in [0.15, 0.2) is 0 Å². The van der Waals surface area contributed by atoms with Crippen LogP contribution < -0.4 is 5.32 Å². The van der Waals surface area contributed by atoms with Crippen molar-refractivity contribution in [2.75, 3.05) is 13.1 Å². The molecule has 0 bridgehead atoms. The van der Waals surface area contributed by atoms with Crippen LogP contribution in [0.25, 0.3) is 0 Å².